The molecule has 0 aliphatic heterocycles. The minimum atomic E-state index is -3.96. The third-order valence-corrected chi connectivity index (χ3v) is 6.62. The van der Waals surface area contributed by atoms with Crippen molar-refractivity contribution in [2.45, 2.75) is 135 Å². The van der Waals surface area contributed by atoms with E-state index in [4.69, 9.17) is 4.55 Å². The minimum absolute atomic E-state index is 0. The Bertz CT molecular complexity index is 565. The average Bonchev–Trinajstić information content (AvgIpc) is 2.74. The molecule has 0 aromatic heterocycles. The van der Waals surface area contributed by atoms with Crippen molar-refractivity contribution in [2.24, 2.45) is 4.99 Å². The Hall–Kier alpha value is 0.756. The maximum Gasteiger partial charge on any atom is 1.00 e. The molecule has 5 nitrogen and oxygen atoms in total. The molecular weight excluding hydrogens is 461 g/mol. The Morgan fingerprint density at radius 3 is 1.52 bits per heavy atom. The Morgan fingerprint density at radius 2 is 1.12 bits per heavy atom. The quantitative estimate of drug-likeness (QED) is 0.0697. The SMILES string of the molecule is CCCCCCCCCCCCCCCCCCCC/C=C/C([O-])=NCCCS(=O)(=O)O.[K+]. The number of nitrogens with zero attached hydrogens (tertiary/aromatic N) is 1. The van der Waals surface area contributed by atoms with E-state index < -0.39 is 10.1 Å². The summed E-state index contributed by atoms with van der Waals surface area (Å²) in [6, 6.07) is 0. The summed E-state index contributed by atoms with van der Waals surface area (Å²) >= 11 is 0. The van der Waals surface area contributed by atoms with Crippen molar-refractivity contribution in [3.05, 3.63) is 12.2 Å². The molecule has 0 aromatic carbocycles. The van der Waals surface area contributed by atoms with Gasteiger partial charge in [-0.15, -0.1) is 0 Å². The van der Waals surface area contributed by atoms with Crippen LogP contribution in [-0.2, 0) is 10.1 Å². The number of rotatable bonds is 24. The molecule has 33 heavy (non-hydrogen) atoms. The predicted octanol–water partition coefficient (Wildman–Crippen LogP) is 4.02. The summed E-state index contributed by atoms with van der Waals surface area (Å²) in [7, 11) is -3.96. The van der Waals surface area contributed by atoms with Crippen LogP contribution < -0.4 is 56.5 Å². The van der Waals surface area contributed by atoms with Gasteiger partial charge in [-0.3, -0.25) is 4.55 Å². The molecule has 7 heteroatoms. The monoisotopic (exact) mass is 511 g/mol. The fourth-order valence-corrected chi connectivity index (χ4v) is 4.33. The van der Waals surface area contributed by atoms with Gasteiger partial charge in [-0.2, -0.15) is 8.42 Å². The first-order valence-electron chi connectivity index (χ1n) is 13.3. The second-order valence-corrected chi connectivity index (χ2v) is 10.6. The summed E-state index contributed by atoms with van der Waals surface area (Å²) < 4.78 is 29.7. The van der Waals surface area contributed by atoms with Crippen LogP contribution in [0.15, 0.2) is 17.1 Å². The fraction of sp³-hybridized carbons (Fsp3) is 0.885. The Morgan fingerprint density at radius 1 is 0.727 bits per heavy atom. The van der Waals surface area contributed by atoms with Gasteiger partial charge >= 0.3 is 51.4 Å². The molecule has 190 valence electrons. The first-order chi connectivity index (χ1) is 15.5. The van der Waals surface area contributed by atoms with E-state index in [2.05, 4.69) is 11.9 Å². The van der Waals surface area contributed by atoms with Crippen molar-refractivity contribution < 1.29 is 69.5 Å². The topological polar surface area (TPSA) is 89.8 Å². The molecule has 0 atom stereocenters. The maximum atomic E-state index is 11.5. The minimum Gasteiger partial charge on any atom is -0.859 e. The Labute approximate surface area is 247 Å². The molecule has 0 aromatic rings. The van der Waals surface area contributed by atoms with Gasteiger partial charge in [0.1, 0.15) is 0 Å². The smallest absolute Gasteiger partial charge is 0.859 e. The molecular formula is C26H50KNO4S. The van der Waals surface area contributed by atoms with Crippen molar-refractivity contribution >= 4 is 16.0 Å². The summed E-state index contributed by atoms with van der Waals surface area (Å²) in [4.78, 5) is 3.75. The molecule has 0 fully saturated rings. The summed E-state index contributed by atoms with van der Waals surface area (Å²) in [6.45, 7) is 2.40. The van der Waals surface area contributed by atoms with E-state index in [0.717, 1.165) is 12.8 Å². The Kier molecular flexibility index (Phi) is 29.8. The van der Waals surface area contributed by atoms with Gasteiger partial charge in [0.2, 0.25) is 0 Å². The van der Waals surface area contributed by atoms with Gasteiger partial charge in [-0.1, -0.05) is 128 Å². The van der Waals surface area contributed by atoms with Crippen LogP contribution in [0.3, 0.4) is 0 Å². The van der Waals surface area contributed by atoms with Gasteiger partial charge < -0.3 is 10.1 Å². The summed E-state index contributed by atoms with van der Waals surface area (Å²) in [5, 5.41) is 11.5. The van der Waals surface area contributed by atoms with E-state index in [0.29, 0.717) is 0 Å². The van der Waals surface area contributed by atoms with Gasteiger partial charge in [-0.25, -0.2) is 0 Å². The summed E-state index contributed by atoms with van der Waals surface area (Å²) in [6.07, 6.45) is 28.9. The second kappa shape index (κ2) is 27.3. The van der Waals surface area contributed by atoms with Crippen LogP contribution in [0.5, 0.6) is 0 Å². The molecule has 0 aliphatic rings. The molecule has 0 heterocycles. The van der Waals surface area contributed by atoms with E-state index in [1.54, 1.807) is 0 Å². The van der Waals surface area contributed by atoms with Gasteiger partial charge in [0.15, 0.2) is 0 Å². The van der Waals surface area contributed by atoms with Crippen molar-refractivity contribution in [3.8, 4) is 0 Å². The van der Waals surface area contributed by atoms with E-state index in [-0.39, 0.29) is 76.0 Å². The van der Waals surface area contributed by atoms with Crippen LogP contribution in [-0.4, -0.2) is 31.2 Å². The van der Waals surface area contributed by atoms with E-state index in [1.165, 1.54) is 115 Å². The zero-order chi connectivity index (χ0) is 23.8. The van der Waals surface area contributed by atoms with Gasteiger partial charge in [0.05, 0.1) is 5.75 Å². The molecule has 0 aliphatic carbocycles. The molecule has 0 rings (SSSR count). The average molecular weight is 512 g/mol. The molecule has 0 amide bonds. The van der Waals surface area contributed by atoms with Crippen molar-refractivity contribution in [2.75, 3.05) is 12.3 Å². The maximum absolute atomic E-state index is 11.5. The zero-order valence-electron chi connectivity index (χ0n) is 21.7. The van der Waals surface area contributed by atoms with Crippen LogP contribution in [0, 0.1) is 0 Å². The molecule has 0 spiro atoms. The van der Waals surface area contributed by atoms with E-state index in [9.17, 15) is 13.5 Å². The van der Waals surface area contributed by atoms with E-state index >= 15 is 0 Å². The third kappa shape index (κ3) is 32.8. The fourth-order valence-electron chi connectivity index (χ4n) is 3.84. The number of allylic oxidation sites excluding steroid dienone is 1. The Balaban J connectivity index is 0. The number of aliphatic imine (C=N–C) groups is 1. The standard InChI is InChI=1S/C26H51NO4S.K/c1-2-3-4-5-6-7-8-9-10-11-12-13-14-15-16-17-18-19-20-21-23-26(28)27-24-22-25-32(29,30)31;/h21,23H,2-20,22,24-25H2,1H3,(H,27,28)(H,29,30,31);/q;+1/p-1/b23-21+;. The van der Waals surface area contributed by atoms with Crippen LogP contribution in [0.2, 0.25) is 0 Å². The van der Waals surface area contributed by atoms with Gasteiger partial charge in [0, 0.05) is 6.54 Å². The molecule has 0 radical (unpaired) electrons. The summed E-state index contributed by atoms with van der Waals surface area (Å²) in [5.74, 6) is -0.685. The first-order valence-corrected chi connectivity index (χ1v) is 14.9. The van der Waals surface area contributed by atoms with Crippen LogP contribution in [0.1, 0.15) is 135 Å². The van der Waals surface area contributed by atoms with Crippen LogP contribution in [0.25, 0.3) is 0 Å². The summed E-state index contributed by atoms with van der Waals surface area (Å²) in [5.41, 5.74) is 0. The second-order valence-electron chi connectivity index (χ2n) is 9.06. The number of unbranched alkanes of at least 4 members (excludes halogenated alkanes) is 18. The van der Waals surface area contributed by atoms with Gasteiger partial charge in [-0.05, 0) is 25.2 Å². The number of hydrogen-bond acceptors (Lipinski definition) is 4. The molecule has 0 bridgehead atoms. The third-order valence-electron chi connectivity index (χ3n) is 5.81. The van der Waals surface area contributed by atoms with Crippen molar-refractivity contribution in [1.82, 2.24) is 0 Å². The largest absolute Gasteiger partial charge is 1.00 e. The van der Waals surface area contributed by atoms with Crippen molar-refractivity contribution in [1.29, 1.82) is 0 Å². The predicted molar refractivity (Wildman–Crippen MR) is 136 cm³/mol. The van der Waals surface area contributed by atoms with Crippen LogP contribution >= 0.6 is 0 Å². The number of hydrogen-bond donors (Lipinski definition) is 1. The van der Waals surface area contributed by atoms with Gasteiger partial charge in [0.25, 0.3) is 10.1 Å². The molecule has 0 saturated heterocycles. The van der Waals surface area contributed by atoms with Crippen molar-refractivity contribution in [3.63, 3.8) is 0 Å². The normalized spacial score (nSPS) is 12.4. The molecule has 1 N–H and O–H groups in total. The molecule has 0 unspecified atom stereocenters. The molecule has 0 saturated carbocycles. The first kappa shape index (κ1) is 35.9. The van der Waals surface area contributed by atoms with E-state index in [1.807, 2.05) is 6.08 Å². The van der Waals surface area contributed by atoms with Crippen LogP contribution in [0.4, 0.5) is 0 Å². The zero-order valence-corrected chi connectivity index (χ0v) is 25.7.